The normalized spacial score (nSPS) is 12.3. The Hall–Kier alpha value is -1.89. The molecule has 0 spiro atoms. The number of hydrogen-bond donors (Lipinski definition) is 3. The Morgan fingerprint density at radius 3 is 2.92 bits per heavy atom. The lowest BCUT2D eigenvalue weighted by Gasteiger charge is -2.08. The van der Waals surface area contributed by atoms with Crippen molar-refractivity contribution in [2.24, 2.45) is 0 Å². The number of hydrogen-bond acceptors (Lipinski definition) is 5. The van der Waals surface area contributed by atoms with Crippen LogP contribution in [0.2, 0.25) is 0 Å². The maximum atomic E-state index is 14.1. The van der Waals surface area contributed by atoms with Crippen LogP contribution in [-0.2, 0) is 11.3 Å². The van der Waals surface area contributed by atoms with E-state index in [9.17, 15) is 13.4 Å². The summed E-state index contributed by atoms with van der Waals surface area (Å²) in [5.74, 6) is -1.14. The van der Waals surface area contributed by atoms with Crippen LogP contribution in [0.5, 0.6) is 0 Å². The Morgan fingerprint density at radius 1 is 1.40 bits per heavy atom. The predicted molar refractivity (Wildman–Crippen MR) is 99.5 cm³/mol. The third-order valence-corrected chi connectivity index (χ3v) is 4.35. The number of nitrogens with one attached hydrogen (secondary N) is 2. The molecule has 3 N–H and O–H groups in total. The van der Waals surface area contributed by atoms with Crippen molar-refractivity contribution in [2.45, 2.75) is 0 Å². The molecule has 0 bridgehead atoms. The summed E-state index contributed by atoms with van der Waals surface area (Å²) in [5.41, 5.74) is 0.801. The molecule has 25 heavy (non-hydrogen) atoms. The number of halogens is 2. The number of carbonyl (C=O) groups excluding carboxylic acids is 1. The van der Waals surface area contributed by atoms with Crippen molar-refractivity contribution in [1.29, 1.82) is 0 Å². The fraction of sp³-hybridized carbons (Fsp3) is 0.0667. The van der Waals surface area contributed by atoms with E-state index >= 15 is 0 Å². The Kier molecular flexibility index (Phi) is 5.42. The van der Waals surface area contributed by atoms with Crippen LogP contribution >= 0.6 is 22.6 Å². The van der Waals surface area contributed by atoms with Crippen molar-refractivity contribution in [1.82, 2.24) is 9.71 Å². The van der Waals surface area contributed by atoms with Crippen LogP contribution in [0.3, 0.4) is 0 Å². The second kappa shape index (κ2) is 7.56. The van der Waals surface area contributed by atoms with Crippen molar-refractivity contribution < 1.29 is 22.4 Å². The monoisotopic (exact) mass is 475 g/mol. The van der Waals surface area contributed by atoms with Gasteiger partial charge in [-0.1, -0.05) is 0 Å². The molecule has 1 aromatic carbocycles. The van der Waals surface area contributed by atoms with Gasteiger partial charge in [-0.2, -0.15) is 0 Å². The first kappa shape index (κ1) is 17.9. The molecule has 2 aromatic heterocycles. The van der Waals surface area contributed by atoms with Crippen LogP contribution in [0, 0.1) is 9.39 Å². The third-order valence-electron chi connectivity index (χ3n) is 3.29. The van der Waals surface area contributed by atoms with E-state index in [2.05, 4.69) is 15.0 Å². The largest absolute Gasteiger partial charge is 0.450 e. The lowest BCUT2D eigenvalue weighted by Crippen LogP contribution is -2.24. The molecular formula is C15H11FIN3O4S. The smallest absolute Gasteiger partial charge is 0.232 e. The van der Waals surface area contributed by atoms with Crippen LogP contribution < -0.4 is 10.0 Å². The molecule has 0 saturated heterocycles. The van der Waals surface area contributed by atoms with Gasteiger partial charge in [0.25, 0.3) is 0 Å². The predicted octanol–water partition coefficient (Wildman–Crippen LogP) is 3.22. The van der Waals surface area contributed by atoms with Crippen LogP contribution in [0.15, 0.2) is 41.1 Å². The number of aromatic nitrogens is 1. The van der Waals surface area contributed by atoms with Gasteiger partial charge in [0.15, 0.2) is 5.76 Å². The maximum Gasteiger partial charge on any atom is 0.232 e. The maximum absolute atomic E-state index is 14.1. The molecule has 1 unspecified atom stereocenters. The number of benzene rings is 1. The van der Waals surface area contributed by atoms with Gasteiger partial charge in [0.1, 0.15) is 11.4 Å². The molecule has 0 radical (unpaired) electrons. The Bertz CT molecular complexity index is 979. The summed E-state index contributed by atoms with van der Waals surface area (Å²) >= 11 is -0.345. The SMILES string of the molecule is O=C(CNS(=O)O)c1oc2ccncc2c1Nc1ccc(I)cc1F. The van der Waals surface area contributed by atoms with E-state index < -0.39 is 29.4 Å². The first-order valence-corrected chi connectivity index (χ1v) is 9.10. The zero-order valence-electron chi connectivity index (χ0n) is 12.5. The molecule has 0 aliphatic rings. The summed E-state index contributed by atoms with van der Waals surface area (Å²) in [5, 5.41) is 3.35. The number of carbonyl (C=O) groups is 1. The number of rotatable bonds is 6. The number of pyridine rings is 1. The van der Waals surface area contributed by atoms with E-state index in [-0.39, 0.29) is 17.1 Å². The molecule has 130 valence electrons. The molecule has 2 heterocycles. The lowest BCUT2D eigenvalue weighted by molar-refractivity contribution is 0.0973. The number of furan rings is 1. The number of Topliss-reactive ketones (excluding diaryl/α,β-unsaturated/α-hetero) is 1. The van der Waals surface area contributed by atoms with Gasteiger partial charge < -0.3 is 9.73 Å². The first-order valence-electron chi connectivity index (χ1n) is 6.92. The highest BCUT2D eigenvalue weighted by molar-refractivity contribution is 14.1. The molecular weight excluding hydrogens is 464 g/mol. The van der Waals surface area contributed by atoms with Gasteiger partial charge in [-0.15, -0.1) is 0 Å². The molecule has 0 amide bonds. The minimum atomic E-state index is -2.33. The van der Waals surface area contributed by atoms with E-state index in [0.717, 1.165) is 3.57 Å². The minimum Gasteiger partial charge on any atom is -0.450 e. The first-order chi connectivity index (χ1) is 12.0. The Morgan fingerprint density at radius 2 is 2.20 bits per heavy atom. The van der Waals surface area contributed by atoms with Gasteiger partial charge in [-0.25, -0.2) is 13.3 Å². The number of anilines is 2. The Balaban J connectivity index is 2.03. The molecule has 1 atom stereocenters. The summed E-state index contributed by atoms with van der Waals surface area (Å²) in [4.78, 5) is 16.3. The minimum absolute atomic E-state index is 0.0844. The van der Waals surface area contributed by atoms with Crippen molar-refractivity contribution in [3.8, 4) is 0 Å². The highest BCUT2D eigenvalue weighted by Gasteiger charge is 2.22. The van der Waals surface area contributed by atoms with E-state index in [1.54, 1.807) is 18.2 Å². The van der Waals surface area contributed by atoms with E-state index in [4.69, 9.17) is 8.97 Å². The lowest BCUT2D eigenvalue weighted by atomic mass is 10.2. The zero-order valence-corrected chi connectivity index (χ0v) is 15.4. The summed E-state index contributed by atoms with van der Waals surface area (Å²) in [6, 6.07) is 6.17. The van der Waals surface area contributed by atoms with E-state index in [0.29, 0.717) is 11.0 Å². The number of nitrogens with zero attached hydrogens (tertiary/aromatic N) is 1. The average molecular weight is 475 g/mol. The van der Waals surface area contributed by atoms with Crippen molar-refractivity contribution in [3.05, 3.63) is 51.8 Å². The zero-order chi connectivity index (χ0) is 18.0. The van der Waals surface area contributed by atoms with Gasteiger partial charge in [0, 0.05) is 16.0 Å². The molecule has 3 aromatic rings. The fourth-order valence-electron chi connectivity index (χ4n) is 2.20. The van der Waals surface area contributed by atoms with Gasteiger partial charge in [0.2, 0.25) is 17.0 Å². The summed E-state index contributed by atoms with van der Waals surface area (Å²) < 4.78 is 42.0. The Labute approximate surface area is 157 Å². The second-order valence-corrected chi connectivity index (χ2v) is 6.95. The summed E-state index contributed by atoms with van der Waals surface area (Å²) in [6.07, 6.45) is 2.98. The van der Waals surface area contributed by atoms with Crippen LogP contribution in [0.4, 0.5) is 15.8 Å². The molecule has 3 rings (SSSR count). The highest BCUT2D eigenvalue weighted by atomic mass is 127. The molecule has 0 aliphatic heterocycles. The third kappa shape index (κ3) is 4.03. The topological polar surface area (TPSA) is 104 Å². The number of ketones is 1. The van der Waals surface area contributed by atoms with Crippen molar-refractivity contribution >= 4 is 62.0 Å². The van der Waals surface area contributed by atoms with Gasteiger partial charge in [0.05, 0.1) is 23.3 Å². The van der Waals surface area contributed by atoms with E-state index in [1.165, 1.54) is 18.5 Å². The highest BCUT2D eigenvalue weighted by Crippen LogP contribution is 2.34. The van der Waals surface area contributed by atoms with Crippen molar-refractivity contribution in [3.63, 3.8) is 0 Å². The second-order valence-electron chi connectivity index (χ2n) is 4.92. The number of fused-ring (bicyclic) bond motifs is 1. The fourth-order valence-corrected chi connectivity index (χ4v) is 2.90. The molecule has 0 saturated carbocycles. The summed E-state index contributed by atoms with van der Waals surface area (Å²) in [6.45, 7) is -0.416. The quantitative estimate of drug-likeness (QED) is 0.288. The molecule has 7 nitrogen and oxygen atoms in total. The molecule has 10 heteroatoms. The van der Waals surface area contributed by atoms with E-state index in [1.807, 2.05) is 22.6 Å². The average Bonchev–Trinajstić information content (AvgIpc) is 2.94. The van der Waals surface area contributed by atoms with Gasteiger partial charge in [-0.3, -0.25) is 14.3 Å². The summed E-state index contributed by atoms with van der Waals surface area (Å²) in [7, 11) is 0. The van der Waals surface area contributed by atoms with Crippen LogP contribution in [0.1, 0.15) is 10.6 Å². The van der Waals surface area contributed by atoms with Crippen molar-refractivity contribution in [2.75, 3.05) is 11.9 Å². The van der Waals surface area contributed by atoms with Crippen LogP contribution in [-0.4, -0.2) is 26.1 Å². The molecule has 0 fully saturated rings. The standard InChI is InChI=1S/C15H11FIN3O4S/c16-10-5-8(17)1-2-11(10)20-14-9-6-18-4-3-13(9)24-15(14)12(21)7-19-25(22)23/h1-6,19-20H,7H2,(H,22,23). The van der Waals surface area contributed by atoms with Gasteiger partial charge >= 0.3 is 0 Å². The van der Waals surface area contributed by atoms with Crippen LogP contribution in [0.25, 0.3) is 11.0 Å². The van der Waals surface area contributed by atoms with Gasteiger partial charge in [-0.05, 0) is 46.9 Å². The molecule has 0 aliphatic carbocycles.